The zero-order valence-electron chi connectivity index (χ0n) is 16.7. The van der Waals surface area contributed by atoms with Crippen molar-refractivity contribution in [3.8, 4) is 0 Å². The molecule has 3 aromatic rings. The van der Waals surface area contributed by atoms with Crippen LogP contribution in [0.4, 0.5) is 4.39 Å². The van der Waals surface area contributed by atoms with Crippen LogP contribution in [0.5, 0.6) is 0 Å². The fourth-order valence-corrected chi connectivity index (χ4v) is 4.58. The Kier molecular flexibility index (Phi) is 6.73. The molecule has 3 rings (SSSR count). The summed E-state index contributed by atoms with van der Waals surface area (Å²) < 4.78 is 52.1. The summed E-state index contributed by atoms with van der Waals surface area (Å²) in [5.41, 5.74) is -0.332. The van der Waals surface area contributed by atoms with Crippen molar-refractivity contribution in [1.29, 1.82) is 0 Å². The highest BCUT2D eigenvalue weighted by molar-refractivity contribution is 7.89. The topological polar surface area (TPSA) is 84.0 Å². The van der Waals surface area contributed by atoms with Crippen molar-refractivity contribution >= 4 is 15.9 Å². The summed E-state index contributed by atoms with van der Waals surface area (Å²) in [7, 11) is -3.84. The quantitative estimate of drug-likeness (QED) is 0.510. The van der Waals surface area contributed by atoms with Gasteiger partial charge in [0.15, 0.2) is 0 Å². The van der Waals surface area contributed by atoms with Crippen LogP contribution in [0.15, 0.2) is 68.7 Å². The number of hydrogen-bond acceptors (Lipinski definition) is 5. The Labute approximate surface area is 174 Å². The Bertz CT molecular complexity index is 1040. The van der Waals surface area contributed by atoms with Crippen molar-refractivity contribution in [2.75, 3.05) is 13.1 Å². The molecule has 9 heteroatoms. The van der Waals surface area contributed by atoms with Crippen LogP contribution in [0.3, 0.4) is 0 Å². The van der Waals surface area contributed by atoms with Crippen molar-refractivity contribution in [3.05, 3.63) is 77.9 Å². The van der Waals surface area contributed by atoms with Gasteiger partial charge in [0.05, 0.1) is 36.1 Å². The molecule has 0 atom stereocenters. The van der Waals surface area contributed by atoms with Crippen LogP contribution in [0.2, 0.25) is 0 Å². The van der Waals surface area contributed by atoms with E-state index in [1.165, 1.54) is 27.8 Å². The summed E-state index contributed by atoms with van der Waals surface area (Å²) in [4.78, 5) is 14.4. The Morgan fingerprint density at radius 2 is 1.53 bits per heavy atom. The first-order valence-corrected chi connectivity index (χ1v) is 10.9. The number of carbonyl (C=O) groups is 1. The second-order valence-electron chi connectivity index (χ2n) is 6.55. The van der Waals surface area contributed by atoms with E-state index in [0.717, 1.165) is 12.1 Å². The molecule has 0 radical (unpaired) electrons. The van der Waals surface area contributed by atoms with E-state index in [4.69, 9.17) is 8.83 Å². The standard InChI is InChI=1S/C21H23FN2O5S/c1-3-24(4-2)30(26,27)18-9-10-20(22)19(13-18)21(25)23(14-16-7-5-11-28-16)15-17-8-6-12-29-17/h5-13H,3-4,14-15H2,1-2H3. The number of furan rings is 2. The summed E-state index contributed by atoms with van der Waals surface area (Å²) in [5, 5.41) is 0. The molecule has 0 aliphatic heterocycles. The Morgan fingerprint density at radius 3 is 2.00 bits per heavy atom. The first-order valence-electron chi connectivity index (χ1n) is 9.50. The summed E-state index contributed by atoms with van der Waals surface area (Å²) in [6.07, 6.45) is 2.95. The number of amides is 1. The second kappa shape index (κ2) is 9.27. The van der Waals surface area contributed by atoms with Crippen LogP contribution in [0, 0.1) is 5.82 Å². The van der Waals surface area contributed by atoms with Gasteiger partial charge >= 0.3 is 0 Å². The van der Waals surface area contributed by atoms with E-state index in [0.29, 0.717) is 11.5 Å². The van der Waals surface area contributed by atoms with Crippen LogP contribution in [-0.2, 0) is 23.1 Å². The molecular formula is C21H23FN2O5S. The Morgan fingerprint density at radius 1 is 0.967 bits per heavy atom. The van der Waals surface area contributed by atoms with E-state index in [-0.39, 0.29) is 36.6 Å². The van der Waals surface area contributed by atoms with Crippen molar-refractivity contribution < 1.29 is 26.4 Å². The molecule has 7 nitrogen and oxygen atoms in total. The third-order valence-electron chi connectivity index (χ3n) is 4.65. The minimum absolute atomic E-state index is 0.0684. The maximum Gasteiger partial charge on any atom is 0.257 e. The maximum absolute atomic E-state index is 14.6. The highest BCUT2D eigenvalue weighted by Gasteiger charge is 2.27. The van der Waals surface area contributed by atoms with Gasteiger partial charge in [0, 0.05) is 13.1 Å². The molecular weight excluding hydrogens is 411 g/mol. The highest BCUT2D eigenvalue weighted by atomic mass is 32.2. The predicted octanol–water partition coefficient (Wildman–Crippen LogP) is 3.88. The molecule has 0 spiro atoms. The molecule has 0 aliphatic rings. The first-order chi connectivity index (χ1) is 14.4. The Hall–Kier alpha value is -2.91. The first kappa shape index (κ1) is 21.8. The monoisotopic (exact) mass is 434 g/mol. The molecule has 1 amide bonds. The molecule has 0 aliphatic carbocycles. The minimum Gasteiger partial charge on any atom is -0.467 e. The van der Waals surface area contributed by atoms with Crippen molar-refractivity contribution in [2.24, 2.45) is 0 Å². The van der Waals surface area contributed by atoms with E-state index < -0.39 is 21.7 Å². The number of sulfonamides is 1. The van der Waals surface area contributed by atoms with Crippen molar-refractivity contribution in [2.45, 2.75) is 31.8 Å². The van der Waals surface area contributed by atoms with E-state index in [1.54, 1.807) is 38.1 Å². The molecule has 0 N–H and O–H groups in total. The third kappa shape index (κ3) is 4.63. The fraction of sp³-hybridized carbons (Fsp3) is 0.286. The molecule has 0 fully saturated rings. The average Bonchev–Trinajstić information content (AvgIpc) is 3.42. The zero-order chi connectivity index (χ0) is 21.7. The minimum atomic E-state index is -3.84. The summed E-state index contributed by atoms with van der Waals surface area (Å²) in [6.45, 7) is 4.10. The SMILES string of the molecule is CCN(CC)S(=O)(=O)c1ccc(F)c(C(=O)N(Cc2ccco2)Cc2ccco2)c1. The number of rotatable bonds is 9. The van der Waals surface area contributed by atoms with Gasteiger partial charge in [-0.2, -0.15) is 4.31 Å². The van der Waals surface area contributed by atoms with Gasteiger partial charge in [-0.3, -0.25) is 4.79 Å². The maximum atomic E-state index is 14.6. The van der Waals surface area contributed by atoms with Crippen LogP contribution in [-0.4, -0.2) is 36.6 Å². The lowest BCUT2D eigenvalue weighted by Gasteiger charge is -2.22. The lowest BCUT2D eigenvalue weighted by atomic mass is 10.1. The molecule has 0 unspecified atom stereocenters. The van der Waals surface area contributed by atoms with Gasteiger partial charge < -0.3 is 13.7 Å². The lowest BCUT2D eigenvalue weighted by molar-refractivity contribution is 0.0699. The smallest absolute Gasteiger partial charge is 0.257 e. The van der Waals surface area contributed by atoms with E-state index >= 15 is 0 Å². The largest absolute Gasteiger partial charge is 0.467 e. The van der Waals surface area contributed by atoms with Crippen LogP contribution in [0.25, 0.3) is 0 Å². The van der Waals surface area contributed by atoms with Gasteiger partial charge in [0.1, 0.15) is 17.3 Å². The number of benzene rings is 1. The van der Waals surface area contributed by atoms with E-state index in [9.17, 15) is 17.6 Å². The Balaban J connectivity index is 1.97. The third-order valence-corrected chi connectivity index (χ3v) is 6.70. The van der Waals surface area contributed by atoms with Gasteiger partial charge in [-0.1, -0.05) is 13.8 Å². The predicted molar refractivity (Wildman–Crippen MR) is 108 cm³/mol. The summed E-state index contributed by atoms with van der Waals surface area (Å²) >= 11 is 0. The van der Waals surface area contributed by atoms with Gasteiger partial charge in [-0.25, -0.2) is 12.8 Å². The highest BCUT2D eigenvalue weighted by Crippen LogP contribution is 2.22. The van der Waals surface area contributed by atoms with Crippen LogP contribution in [0.1, 0.15) is 35.7 Å². The molecule has 2 aromatic heterocycles. The molecule has 0 saturated heterocycles. The van der Waals surface area contributed by atoms with Gasteiger partial charge in [0.2, 0.25) is 10.0 Å². The number of nitrogens with zero attached hydrogens (tertiary/aromatic N) is 2. The number of hydrogen-bond donors (Lipinski definition) is 0. The molecule has 160 valence electrons. The van der Waals surface area contributed by atoms with Crippen molar-refractivity contribution in [3.63, 3.8) is 0 Å². The second-order valence-corrected chi connectivity index (χ2v) is 8.49. The van der Waals surface area contributed by atoms with E-state index in [2.05, 4.69) is 0 Å². The van der Waals surface area contributed by atoms with Crippen molar-refractivity contribution in [1.82, 2.24) is 9.21 Å². The van der Waals surface area contributed by atoms with Crippen LogP contribution >= 0.6 is 0 Å². The van der Waals surface area contributed by atoms with E-state index in [1.807, 2.05) is 0 Å². The average molecular weight is 434 g/mol. The molecule has 1 aromatic carbocycles. The summed E-state index contributed by atoms with van der Waals surface area (Å²) in [6, 6.07) is 10.0. The summed E-state index contributed by atoms with van der Waals surface area (Å²) in [5.74, 6) is -0.469. The lowest BCUT2D eigenvalue weighted by Crippen LogP contribution is -2.32. The van der Waals surface area contributed by atoms with Gasteiger partial charge in [0.25, 0.3) is 5.91 Å². The van der Waals surface area contributed by atoms with Gasteiger partial charge in [-0.15, -0.1) is 0 Å². The molecule has 30 heavy (non-hydrogen) atoms. The molecule has 2 heterocycles. The zero-order valence-corrected chi connectivity index (χ0v) is 17.6. The fourth-order valence-electron chi connectivity index (χ4n) is 3.09. The number of carbonyl (C=O) groups excluding carboxylic acids is 1. The number of halogens is 1. The molecule has 0 bridgehead atoms. The van der Waals surface area contributed by atoms with Crippen LogP contribution < -0.4 is 0 Å². The van der Waals surface area contributed by atoms with Gasteiger partial charge in [-0.05, 0) is 42.5 Å². The molecule has 0 saturated carbocycles. The normalized spacial score (nSPS) is 11.7.